The Bertz CT molecular complexity index is 467. The van der Waals surface area contributed by atoms with Gasteiger partial charge in [0.2, 0.25) is 0 Å². The first-order chi connectivity index (χ1) is 9.19. The molecule has 1 aromatic heterocycles. The number of hydrogen-bond donors (Lipinski definition) is 1. The summed E-state index contributed by atoms with van der Waals surface area (Å²) < 4.78 is 5.26. The summed E-state index contributed by atoms with van der Waals surface area (Å²) in [5.74, 6) is 1.95. The topological polar surface area (TPSA) is 72.4 Å². The van der Waals surface area contributed by atoms with E-state index in [1.165, 1.54) is 0 Å². The zero-order valence-corrected chi connectivity index (χ0v) is 11.3. The molecule has 2 heterocycles. The highest BCUT2D eigenvalue weighted by atomic mass is 16.5. The molecule has 2 N–H and O–H groups in total. The number of carbonyl (C=O) groups excluding carboxylic acids is 1. The van der Waals surface area contributed by atoms with Gasteiger partial charge in [-0.3, -0.25) is 4.79 Å². The minimum Gasteiger partial charge on any atom is -0.360 e. The van der Waals surface area contributed by atoms with E-state index < -0.39 is 0 Å². The molecule has 2 unspecified atom stereocenters. The number of carbonyl (C=O) groups is 1. The fraction of sp³-hybridized carbons (Fsp3) is 0.714. The van der Waals surface area contributed by atoms with Gasteiger partial charge in [0.1, 0.15) is 5.76 Å². The summed E-state index contributed by atoms with van der Waals surface area (Å²) in [6, 6.07) is 1.95. The first kappa shape index (κ1) is 12.7. The van der Waals surface area contributed by atoms with Crippen molar-refractivity contribution in [3.05, 3.63) is 17.5 Å². The molecule has 1 saturated carbocycles. The van der Waals surface area contributed by atoms with Crippen molar-refractivity contribution in [1.29, 1.82) is 0 Å². The first-order valence-corrected chi connectivity index (χ1v) is 7.16. The van der Waals surface area contributed by atoms with Gasteiger partial charge in [0.15, 0.2) is 5.69 Å². The van der Waals surface area contributed by atoms with Gasteiger partial charge in [-0.1, -0.05) is 12.1 Å². The van der Waals surface area contributed by atoms with Crippen molar-refractivity contribution in [1.82, 2.24) is 10.1 Å². The maximum atomic E-state index is 12.5. The monoisotopic (exact) mass is 263 g/mol. The summed E-state index contributed by atoms with van der Waals surface area (Å²) in [5, 5.41) is 3.93. The summed E-state index contributed by atoms with van der Waals surface area (Å²) in [6.07, 6.45) is 4.32. The molecule has 0 spiro atoms. The summed E-state index contributed by atoms with van der Waals surface area (Å²) >= 11 is 0. The lowest BCUT2D eigenvalue weighted by Gasteiger charge is -2.37. The van der Waals surface area contributed by atoms with Crippen LogP contribution in [0, 0.1) is 5.92 Å². The van der Waals surface area contributed by atoms with Crippen LogP contribution in [-0.2, 0) is 0 Å². The highest BCUT2D eigenvalue weighted by Crippen LogP contribution is 2.40. The molecular weight excluding hydrogens is 242 g/mol. The van der Waals surface area contributed by atoms with Gasteiger partial charge in [-0.25, -0.2) is 0 Å². The van der Waals surface area contributed by atoms with Crippen LogP contribution in [0.4, 0.5) is 0 Å². The largest absolute Gasteiger partial charge is 0.360 e. The zero-order valence-electron chi connectivity index (χ0n) is 11.3. The average molecular weight is 263 g/mol. The van der Waals surface area contributed by atoms with Gasteiger partial charge in [-0.05, 0) is 31.6 Å². The van der Waals surface area contributed by atoms with E-state index in [4.69, 9.17) is 10.3 Å². The average Bonchev–Trinajstić information content (AvgIpc) is 3.15. The van der Waals surface area contributed by atoms with Gasteiger partial charge < -0.3 is 15.2 Å². The molecule has 0 aromatic carbocycles. The van der Waals surface area contributed by atoms with Gasteiger partial charge in [0.25, 0.3) is 5.91 Å². The van der Waals surface area contributed by atoms with E-state index in [9.17, 15) is 4.79 Å². The molecule has 1 aliphatic carbocycles. The molecule has 3 rings (SSSR count). The second-order valence-electron chi connectivity index (χ2n) is 5.91. The Morgan fingerprint density at radius 1 is 1.53 bits per heavy atom. The predicted octanol–water partition coefficient (Wildman–Crippen LogP) is 1.75. The lowest BCUT2D eigenvalue weighted by Crippen LogP contribution is -2.49. The molecule has 1 saturated heterocycles. The Morgan fingerprint density at radius 2 is 2.32 bits per heavy atom. The van der Waals surface area contributed by atoms with Gasteiger partial charge in [-0.15, -0.1) is 0 Å². The molecule has 1 amide bonds. The normalized spacial score (nSPS) is 27.6. The number of piperidine rings is 1. The Morgan fingerprint density at radius 3 is 3.00 bits per heavy atom. The van der Waals surface area contributed by atoms with Crippen LogP contribution in [0.25, 0.3) is 0 Å². The molecule has 2 aliphatic rings. The van der Waals surface area contributed by atoms with Crippen LogP contribution >= 0.6 is 0 Å². The minimum atomic E-state index is -0.0296. The fourth-order valence-electron chi connectivity index (χ4n) is 2.84. The third kappa shape index (κ3) is 2.52. The number of aromatic nitrogens is 1. The number of rotatable bonds is 3. The molecule has 5 nitrogen and oxygen atoms in total. The van der Waals surface area contributed by atoms with Crippen LogP contribution in [0.15, 0.2) is 10.6 Å². The van der Waals surface area contributed by atoms with E-state index >= 15 is 0 Å². The maximum absolute atomic E-state index is 12.5. The van der Waals surface area contributed by atoms with Crippen LogP contribution in [-0.4, -0.2) is 35.1 Å². The molecule has 0 radical (unpaired) electrons. The fourth-order valence-corrected chi connectivity index (χ4v) is 2.84. The molecule has 1 aliphatic heterocycles. The summed E-state index contributed by atoms with van der Waals surface area (Å²) in [7, 11) is 0. The van der Waals surface area contributed by atoms with Crippen LogP contribution in [0.3, 0.4) is 0 Å². The van der Waals surface area contributed by atoms with E-state index in [1.807, 2.05) is 11.0 Å². The maximum Gasteiger partial charge on any atom is 0.276 e. The SMILES string of the molecule is CC1CCN(C(=O)c2cc(C3CC3)on2)C(CN)C1. The Kier molecular flexibility index (Phi) is 3.31. The number of likely N-dealkylation sites (tertiary alicyclic amines) is 1. The van der Waals surface area contributed by atoms with Gasteiger partial charge in [0, 0.05) is 31.1 Å². The van der Waals surface area contributed by atoms with Crippen molar-refractivity contribution < 1.29 is 9.32 Å². The van der Waals surface area contributed by atoms with Crippen molar-refractivity contribution in [2.45, 2.75) is 44.6 Å². The molecule has 0 bridgehead atoms. The summed E-state index contributed by atoms with van der Waals surface area (Å²) in [5.41, 5.74) is 6.24. The smallest absolute Gasteiger partial charge is 0.276 e. The summed E-state index contributed by atoms with van der Waals surface area (Å²) in [6.45, 7) is 3.50. The predicted molar refractivity (Wildman–Crippen MR) is 70.8 cm³/mol. The molecular formula is C14H21N3O2. The molecule has 2 atom stereocenters. The number of nitrogens with zero attached hydrogens (tertiary/aromatic N) is 2. The van der Waals surface area contributed by atoms with Crippen LogP contribution in [0.2, 0.25) is 0 Å². The van der Waals surface area contributed by atoms with Gasteiger partial charge >= 0.3 is 0 Å². The minimum absolute atomic E-state index is 0.0296. The lowest BCUT2D eigenvalue weighted by molar-refractivity contribution is 0.0563. The molecule has 19 heavy (non-hydrogen) atoms. The van der Waals surface area contributed by atoms with Gasteiger partial charge in [-0.2, -0.15) is 0 Å². The third-order valence-electron chi connectivity index (χ3n) is 4.24. The quantitative estimate of drug-likeness (QED) is 0.901. The van der Waals surface area contributed by atoms with Crippen molar-refractivity contribution in [3.63, 3.8) is 0 Å². The van der Waals surface area contributed by atoms with E-state index in [-0.39, 0.29) is 11.9 Å². The molecule has 1 aromatic rings. The van der Waals surface area contributed by atoms with E-state index in [0.29, 0.717) is 24.1 Å². The summed E-state index contributed by atoms with van der Waals surface area (Å²) in [4.78, 5) is 14.3. The Balaban J connectivity index is 1.73. The zero-order chi connectivity index (χ0) is 13.4. The van der Waals surface area contributed by atoms with Gasteiger partial charge in [0.05, 0.1) is 0 Å². The first-order valence-electron chi connectivity index (χ1n) is 7.16. The number of hydrogen-bond acceptors (Lipinski definition) is 4. The Labute approximate surface area is 113 Å². The lowest BCUT2D eigenvalue weighted by atomic mass is 9.92. The van der Waals surface area contributed by atoms with Crippen LogP contribution in [0.1, 0.15) is 54.8 Å². The highest BCUT2D eigenvalue weighted by Gasteiger charge is 2.33. The van der Waals surface area contributed by atoms with E-state index in [2.05, 4.69) is 12.1 Å². The molecule has 2 fully saturated rings. The Hall–Kier alpha value is -1.36. The second-order valence-corrected chi connectivity index (χ2v) is 5.91. The van der Waals surface area contributed by atoms with Crippen LogP contribution < -0.4 is 5.73 Å². The third-order valence-corrected chi connectivity index (χ3v) is 4.24. The van der Waals surface area contributed by atoms with Crippen molar-refractivity contribution in [3.8, 4) is 0 Å². The standard InChI is InChI=1S/C14H21N3O2/c1-9-4-5-17(11(6-9)8-15)14(18)12-7-13(19-16-12)10-2-3-10/h7,9-11H,2-6,8,15H2,1H3. The van der Waals surface area contributed by atoms with Crippen molar-refractivity contribution in [2.75, 3.05) is 13.1 Å². The molecule has 104 valence electrons. The highest BCUT2D eigenvalue weighted by molar-refractivity contribution is 5.92. The second kappa shape index (κ2) is 4.96. The van der Waals surface area contributed by atoms with Crippen molar-refractivity contribution >= 4 is 5.91 Å². The number of nitrogens with two attached hydrogens (primary N) is 1. The molecule has 5 heteroatoms. The van der Waals surface area contributed by atoms with Crippen LogP contribution in [0.5, 0.6) is 0 Å². The van der Waals surface area contributed by atoms with E-state index in [0.717, 1.165) is 38.0 Å². The van der Waals surface area contributed by atoms with Crippen molar-refractivity contribution in [2.24, 2.45) is 11.7 Å². The van der Waals surface area contributed by atoms with E-state index in [1.54, 1.807) is 0 Å². The number of amides is 1.